The maximum Gasteiger partial charge on any atom is 0.294 e. The van der Waals surface area contributed by atoms with Gasteiger partial charge >= 0.3 is 0 Å². The molecule has 20 heavy (non-hydrogen) atoms. The molecule has 3 rings (SSSR count). The summed E-state index contributed by atoms with van der Waals surface area (Å²) in [5.74, 6) is 1.14. The van der Waals surface area contributed by atoms with Crippen molar-refractivity contribution in [1.29, 1.82) is 0 Å². The number of aromatic amines is 1. The summed E-state index contributed by atoms with van der Waals surface area (Å²) in [6.45, 7) is 8.51. The highest BCUT2D eigenvalue weighted by molar-refractivity contribution is 5.51. The topological polar surface area (TPSA) is 84.8 Å². The van der Waals surface area contributed by atoms with Crippen LogP contribution in [0.25, 0.3) is 10.9 Å². The number of hydrogen-bond donors (Lipinski definition) is 2. The summed E-state index contributed by atoms with van der Waals surface area (Å²) < 4.78 is 0. The fourth-order valence-corrected chi connectivity index (χ4v) is 3.64. The molecule has 0 spiro atoms. The molecule has 104 valence electrons. The third kappa shape index (κ3) is 1.86. The van der Waals surface area contributed by atoms with E-state index in [0.29, 0.717) is 18.3 Å². The van der Waals surface area contributed by atoms with Crippen LogP contribution in [-0.2, 0) is 0 Å². The summed E-state index contributed by atoms with van der Waals surface area (Å²) in [4.78, 5) is 4.24. The van der Waals surface area contributed by atoms with Crippen molar-refractivity contribution in [2.45, 2.75) is 31.7 Å². The first-order valence-corrected chi connectivity index (χ1v) is 6.98. The molecular formula is C14H19N6+. The van der Waals surface area contributed by atoms with Gasteiger partial charge in [-0.2, -0.15) is 5.21 Å². The Kier molecular flexibility index (Phi) is 3.14. The zero-order valence-corrected chi connectivity index (χ0v) is 11.6. The summed E-state index contributed by atoms with van der Waals surface area (Å²) in [7, 11) is 0. The molecule has 6 heteroatoms. The van der Waals surface area contributed by atoms with Gasteiger partial charge < -0.3 is 5.73 Å². The Labute approximate surface area is 118 Å². The van der Waals surface area contributed by atoms with Gasteiger partial charge in [0.25, 0.3) is 12.1 Å². The Hall–Kier alpha value is -2.00. The van der Waals surface area contributed by atoms with Crippen molar-refractivity contribution in [3.8, 4) is 6.57 Å². The molecule has 1 saturated carbocycles. The smallest absolute Gasteiger partial charge is 0.294 e. The summed E-state index contributed by atoms with van der Waals surface area (Å²) in [5.41, 5.74) is 8.43. The van der Waals surface area contributed by atoms with Crippen LogP contribution in [0.4, 0.5) is 0 Å². The van der Waals surface area contributed by atoms with Crippen LogP contribution in [0.2, 0.25) is 0 Å². The zero-order chi connectivity index (χ0) is 14.2. The molecule has 0 unspecified atom stereocenters. The molecule has 1 aromatic heterocycles. The Bertz CT molecular complexity index is 594. The van der Waals surface area contributed by atoms with Gasteiger partial charge in [-0.05, 0) is 24.3 Å². The van der Waals surface area contributed by atoms with E-state index in [9.17, 15) is 0 Å². The van der Waals surface area contributed by atoms with E-state index in [2.05, 4.69) is 38.5 Å². The van der Waals surface area contributed by atoms with E-state index in [0.717, 1.165) is 19.3 Å². The number of hydrogen-bond acceptors (Lipinski definition) is 4. The Morgan fingerprint density at radius 2 is 2.45 bits per heavy atom. The maximum absolute atomic E-state index is 5.99. The van der Waals surface area contributed by atoms with Gasteiger partial charge in [0.15, 0.2) is 5.82 Å². The van der Waals surface area contributed by atoms with Gasteiger partial charge in [0.05, 0.1) is 18.8 Å². The van der Waals surface area contributed by atoms with Crippen molar-refractivity contribution in [2.75, 3.05) is 6.54 Å². The lowest BCUT2D eigenvalue weighted by molar-refractivity contribution is 0.405. The molecule has 0 bridgehead atoms. The number of H-pyrrole nitrogens is 1. The lowest BCUT2D eigenvalue weighted by Crippen LogP contribution is -2.29. The summed E-state index contributed by atoms with van der Waals surface area (Å²) >= 11 is 0. The van der Waals surface area contributed by atoms with Gasteiger partial charge in [-0.3, -0.25) is 0 Å². The number of nitrogens with one attached hydrogen (secondary N) is 1. The molecule has 1 heterocycles. The second-order valence-electron chi connectivity index (χ2n) is 5.62. The predicted molar refractivity (Wildman–Crippen MR) is 76.8 cm³/mol. The molecule has 1 fully saturated rings. The van der Waals surface area contributed by atoms with E-state index >= 15 is 0 Å². The largest absolute Gasteiger partial charge is 0.330 e. The lowest BCUT2D eigenvalue weighted by Gasteiger charge is -2.15. The number of tetrazole rings is 1. The summed E-state index contributed by atoms with van der Waals surface area (Å²) in [6.07, 6.45) is 7.10. The molecule has 2 aliphatic rings. The second kappa shape index (κ2) is 4.84. The van der Waals surface area contributed by atoms with Gasteiger partial charge in [0.1, 0.15) is 0 Å². The van der Waals surface area contributed by atoms with Crippen molar-refractivity contribution >= 4 is 6.08 Å². The minimum Gasteiger partial charge on any atom is -0.330 e. The first-order chi connectivity index (χ1) is 9.72. The zero-order valence-electron chi connectivity index (χ0n) is 11.6. The van der Waals surface area contributed by atoms with E-state index < -0.39 is 0 Å². The molecule has 0 saturated heterocycles. The minimum atomic E-state index is -0.217. The molecule has 3 atom stereocenters. The van der Waals surface area contributed by atoms with Crippen LogP contribution >= 0.6 is 0 Å². The molecule has 0 aromatic carbocycles. The van der Waals surface area contributed by atoms with Crippen LogP contribution in [0.3, 0.4) is 0 Å². The minimum absolute atomic E-state index is 0.217. The number of nitrogens with zero attached hydrogens (tertiary/aromatic N) is 4. The monoisotopic (exact) mass is 271 g/mol. The molecule has 0 radical (unpaired) electrons. The number of rotatable bonds is 3. The van der Waals surface area contributed by atoms with Crippen molar-refractivity contribution in [2.24, 2.45) is 17.6 Å². The van der Waals surface area contributed by atoms with Gasteiger partial charge in [0.2, 0.25) is 0 Å². The first-order valence-electron chi connectivity index (χ1n) is 6.98. The SMILES string of the molecule is C#[N+][C@]12CC(CC)=C[C@H]1[C@H](CN)/C(=C\c1nn[nH]n1)C2. The average molecular weight is 271 g/mol. The fraction of sp³-hybridized carbons (Fsp3) is 0.571. The molecule has 3 N–H and O–H groups in total. The Balaban J connectivity index is 1.98. The van der Waals surface area contributed by atoms with E-state index in [1.54, 1.807) is 0 Å². The van der Waals surface area contributed by atoms with E-state index in [1.165, 1.54) is 11.1 Å². The fourth-order valence-electron chi connectivity index (χ4n) is 3.64. The average Bonchev–Trinajstić information content (AvgIpc) is 3.13. The molecule has 2 aliphatic carbocycles. The molecule has 1 aromatic rings. The van der Waals surface area contributed by atoms with Crippen LogP contribution in [0.15, 0.2) is 17.2 Å². The number of nitrogens with two attached hydrogens (primary N) is 1. The van der Waals surface area contributed by atoms with Crippen LogP contribution < -0.4 is 5.73 Å². The first kappa shape index (κ1) is 13.0. The van der Waals surface area contributed by atoms with Crippen molar-refractivity contribution in [1.82, 2.24) is 20.6 Å². The second-order valence-corrected chi connectivity index (χ2v) is 5.62. The van der Waals surface area contributed by atoms with Crippen molar-refractivity contribution in [3.63, 3.8) is 0 Å². The van der Waals surface area contributed by atoms with Crippen LogP contribution in [0, 0.1) is 18.4 Å². The molecular weight excluding hydrogens is 252 g/mol. The highest BCUT2D eigenvalue weighted by Crippen LogP contribution is 2.54. The molecule has 0 aliphatic heterocycles. The van der Waals surface area contributed by atoms with Crippen molar-refractivity contribution < 1.29 is 0 Å². The van der Waals surface area contributed by atoms with Gasteiger partial charge in [-0.1, -0.05) is 29.0 Å². The molecule has 0 amide bonds. The van der Waals surface area contributed by atoms with Gasteiger partial charge in [0, 0.05) is 5.92 Å². The lowest BCUT2D eigenvalue weighted by atomic mass is 9.86. The number of fused-ring (bicyclic) bond motifs is 1. The Morgan fingerprint density at radius 1 is 1.60 bits per heavy atom. The van der Waals surface area contributed by atoms with E-state index in [4.69, 9.17) is 12.3 Å². The normalized spacial score (nSPS) is 34.0. The number of aromatic nitrogens is 4. The van der Waals surface area contributed by atoms with E-state index in [1.807, 2.05) is 6.08 Å². The van der Waals surface area contributed by atoms with E-state index in [-0.39, 0.29) is 11.5 Å². The predicted octanol–water partition coefficient (Wildman–Crippen LogP) is 1.62. The quantitative estimate of drug-likeness (QED) is 0.818. The third-order valence-electron chi connectivity index (χ3n) is 4.63. The van der Waals surface area contributed by atoms with Gasteiger partial charge in [-0.25, -0.2) is 0 Å². The van der Waals surface area contributed by atoms with Gasteiger partial charge in [-0.15, -0.1) is 10.2 Å². The van der Waals surface area contributed by atoms with Crippen molar-refractivity contribution in [3.05, 3.63) is 27.9 Å². The standard InChI is InChI=1S/C14H19N6/c1-3-9-4-12-11(8-15)10(5-13-17-19-20-18-13)7-14(12,6-9)16-2/h2,4-5,11-12H,3,6-8,15H2,1H3,(H,17,18,19,20)/q+1/b10-5-/t11-,12+,14+/m1/s1. The van der Waals surface area contributed by atoms with Crippen LogP contribution in [-0.4, -0.2) is 32.7 Å². The summed E-state index contributed by atoms with van der Waals surface area (Å²) in [5, 5.41) is 14.0. The maximum atomic E-state index is 5.99. The molecule has 6 nitrogen and oxygen atoms in total. The highest BCUT2D eigenvalue weighted by Gasteiger charge is 2.60. The highest BCUT2D eigenvalue weighted by atomic mass is 15.5. The van der Waals surface area contributed by atoms with Crippen LogP contribution in [0.5, 0.6) is 0 Å². The third-order valence-corrected chi connectivity index (χ3v) is 4.63. The van der Waals surface area contributed by atoms with Crippen LogP contribution in [0.1, 0.15) is 32.0 Å². The summed E-state index contributed by atoms with van der Waals surface area (Å²) in [6, 6.07) is 0. The Morgan fingerprint density at radius 3 is 3.05 bits per heavy atom.